The first-order chi connectivity index (χ1) is 14.3. The molecule has 7 heteroatoms. The average molecular weight is 427 g/mol. The molecule has 0 aromatic heterocycles. The van der Waals surface area contributed by atoms with Crippen LogP contribution in [-0.2, 0) is 14.8 Å². The van der Waals surface area contributed by atoms with E-state index in [1.807, 2.05) is 62.4 Å². The maximum Gasteiger partial charge on any atom is 0.240 e. The number of carbonyl (C=O) groups excluding carboxylic acids is 1. The Morgan fingerprint density at radius 2 is 1.73 bits per heavy atom. The van der Waals surface area contributed by atoms with Crippen molar-refractivity contribution in [2.75, 3.05) is 30.3 Å². The van der Waals surface area contributed by atoms with Crippen LogP contribution in [0, 0.1) is 13.8 Å². The first kappa shape index (κ1) is 21.6. The Morgan fingerprint density at radius 3 is 2.47 bits per heavy atom. The van der Waals surface area contributed by atoms with Gasteiger partial charge < -0.3 is 10.1 Å². The van der Waals surface area contributed by atoms with Crippen molar-refractivity contribution in [3.8, 4) is 5.75 Å². The molecule has 0 bridgehead atoms. The largest absolute Gasteiger partial charge is 0.492 e. The number of nitrogens with one attached hydrogen (secondary N) is 1. The van der Waals surface area contributed by atoms with Gasteiger partial charge in [-0.05, 0) is 53.9 Å². The molecule has 3 rings (SSSR count). The van der Waals surface area contributed by atoms with Crippen LogP contribution in [-0.4, -0.2) is 40.3 Å². The monoisotopic (exact) mass is 426 g/mol. The van der Waals surface area contributed by atoms with Crippen molar-refractivity contribution < 1.29 is 17.9 Å². The quantitative estimate of drug-likeness (QED) is 0.560. The van der Waals surface area contributed by atoms with E-state index >= 15 is 0 Å². The van der Waals surface area contributed by atoms with E-state index in [0.717, 1.165) is 38.2 Å². The van der Waals surface area contributed by atoms with Crippen molar-refractivity contribution in [2.45, 2.75) is 13.8 Å². The lowest BCUT2D eigenvalue weighted by molar-refractivity contribution is -0.119. The van der Waals surface area contributed by atoms with Gasteiger partial charge in [-0.15, -0.1) is 0 Å². The Morgan fingerprint density at radius 1 is 1.00 bits per heavy atom. The van der Waals surface area contributed by atoms with Crippen molar-refractivity contribution in [1.82, 2.24) is 5.32 Å². The molecule has 1 N–H and O–H groups in total. The van der Waals surface area contributed by atoms with Gasteiger partial charge in [-0.25, -0.2) is 8.42 Å². The van der Waals surface area contributed by atoms with E-state index in [1.54, 1.807) is 12.1 Å². The maximum absolute atomic E-state index is 12.4. The molecular weight excluding hydrogens is 400 g/mol. The Kier molecular flexibility index (Phi) is 6.62. The van der Waals surface area contributed by atoms with E-state index in [2.05, 4.69) is 5.32 Å². The predicted octanol–water partition coefficient (Wildman–Crippen LogP) is 3.42. The number of rotatable bonds is 8. The highest BCUT2D eigenvalue weighted by Crippen LogP contribution is 2.24. The summed E-state index contributed by atoms with van der Waals surface area (Å²) in [7, 11) is -3.61. The number of amides is 1. The number of aryl methyl sites for hydroxylation is 1. The molecule has 0 aliphatic heterocycles. The van der Waals surface area contributed by atoms with Crippen LogP contribution in [0.1, 0.15) is 11.1 Å². The molecule has 0 radical (unpaired) electrons. The van der Waals surface area contributed by atoms with Crippen molar-refractivity contribution in [1.29, 1.82) is 0 Å². The third kappa shape index (κ3) is 5.30. The first-order valence-electron chi connectivity index (χ1n) is 9.68. The number of hydrogen-bond donors (Lipinski definition) is 1. The van der Waals surface area contributed by atoms with Gasteiger partial charge in [0.15, 0.2) is 0 Å². The zero-order valence-corrected chi connectivity index (χ0v) is 18.2. The molecule has 6 nitrogen and oxygen atoms in total. The number of benzene rings is 3. The van der Waals surface area contributed by atoms with E-state index in [9.17, 15) is 13.2 Å². The van der Waals surface area contributed by atoms with Crippen molar-refractivity contribution in [3.05, 3.63) is 71.8 Å². The molecule has 0 saturated carbocycles. The summed E-state index contributed by atoms with van der Waals surface area (Å²) in [6.07, 6.45) is 1.10. The third-order valence-corrected chi connectivity index (χ3v) is 6.07. The summed E-state index contributed by atoms with van der Waals surface area (Å²) in [5.41, 5.74) is 2.31. The number of ether oxygens (including phenoxy) is 1. The zero-order valence-electron chi connectivity index (χ0n) is 17.4. The molecule has 0 heterocycles. The molecule has 0 aliphatic rings. The molecule has 0 saturated heterocycles. The van der Waals surface area contributed by atoms with E-state index in [-0.39, 0.29) is 25.6 Å². The molecule has 158 valence electrons. The van der Waals surface area contributed by atoms with Crippen molar-refractivity contribution in [2.24, 2.45) is 0 Å². The van der Waals surface area contributed by atoms with Crippen LogP contribution in [0.15, 0.2) is 60.7 Å². The third-order valence-electron chi connectivity index (χ3n) is 4.95. The fourth-order valence-corrected chi connectivity index (χ4v) is 4.10. The molecular formula is C23H26N2O4S. The standard InChI is InChI=1S/C23H26N2O4S/c1-17-7-6-10-22(18(17)2)25(30(3,27)28)16-23(26)24-13-14-29-21-12-11-19-8-4-5-9-20(19)15-21/h4-12,15H,13-14,16H2,1-3H3,(H,24,26). The minimum Gasteiger partial charge on any atom is -0.492 e. The highest BCUT2D eigenvalue weighted by atomic mass is 32.2. The molecule has 0 spiro atoms. The van der Waals surface area contributed by atoms with Gasteiger partial charge in [0, 0.05) is 0 Å². The number of hydrogen-bond acceptors (Lipinski definition) is 4. The summed E-state index contributed by atoms with van der Waals surface area (Å²) in [4.78, 5) is 12.4. The first-order valence-corrected chi connectivity index (χ1v) is 11.5. The second-order valence-corrected chi connectivity index (χ2v) is 9.10. The average Bonchev–Trinajstić information content (AvgIpc) is 2.71. The van der Waals surface area contributed by atoms with Gasteiger partial charge >= 0.3 is 0 Å². The summed E-state index contributed by atoms with van der Waals surface area (Å²) in [6, 6.07) is 19.2. The Bertz CT molecular complexity index is 1160. The van der Waals surface area contributed by atoms with Gasteiger partial charge in [0.2, 0.25) is 15.9 Å². The van der Waals surface area contributed by atoms with Crippen LogP contribution >= 0.6 is 0 Å². The van der Waals surface area contributed by atoms with E-state index in [1.165, 1.54) is 0 Å². The fourth-order valence-electron chi connectivity index (χ4n) is 3.19. The normalized spacial score (nSPS) is 11.3. The van der Waals surface area contributed by atoms with Gasteiger partial charge in [-0.3, -0.25) is 9.10 Å². The second-order valence-electron chi connectivity index (χ2n) is 7.20. The van der Waals surface area contributed by atoms with Crippen LogP contribution in [0.4, 0.5) is 5.69 Å². The highest BCUT2D eigenvalue weighted by Gasteiger charge is 2.22. The predicted molar refractivity (Wildman–Crippen MR) is 121 cm³/mol. The molecule has 1 amide bonds. The summed E-state index contributed by atoms with van der Waals surface area (Å²) < 4.78 is 31.4. The number of nitrogens with zero attached hydrogens (tertiary/aromatic N) is 1. The number of fused-ring (bicyclic) bond motifs is 1. The van der Waals surface area contributed by atoms with Crippen LogP contribution in [0.3, 0.4) is 0 Å². The Hall–Kier alpha value is -3.06. The molecule has 0 unspecified atom stereocenters. The molecule has 0 aliphatic carbocycles. The lowest BCUT2D eigenvalue weighted by atomic mass is 10.1. The van der Waals surface area contributed by atoms with Gasteiger partial charge in [0.05, 0.1) is 18.5 Å². The summed E-state index contributed by atoms with van der Waals surface area (Å²) in [6.45, 7) is 4.03. The van der Waals surface area contributed by atoms with Crippen LogP contribution in [0.2, 0.25) is 0 Å². The fraction of sp³-hybridized carbons (Fsp3) is 0.261. The van der Waals surface area contributed by atoms with Gasteiger partial charge in [-0.1, -0.05) is 42.5 Å². The van der Waals surface area contributed by atoms with Crippen molar-refractivity contribution >= 4 is 32.4 Å². The number of carbonyl (C=O) groups is 1. The molecule has 0 fully saturated rings. The molecule has 30 heavy (non-hydrogen) atoms. The SMILES string of the molecule is Cc1cccc(N(CC(=O)NCCOc2ccc3ccccc3c2)S(C)(=O)=O)c1C. The highest BCUT2D eigenvalue weighted by molar-refractivity contribution is 7.92. The van der Waals surface area contributed by atoms with Crippen LogP contribution in [0.25, 0.3) is 10.8 Å². The smallest absolute Gasteiger partial charge is 0.240 e. The minimum absolute atomic E-state index is 0.274. The van der Waals surface area contributed by atoms with E-state index in [4.69, 9.17) is 4.74 Å². The maximum atomic E-state index is 12.4. The topological polar surface area (TPSA) is 75.7 Å². The molecule has 3 aromatic rings. The summed E-state index contributed by atoms with van der Waals surface area (Å²) in [5, 5.41) is 4.94. The van der Waals surface area contributed by atoms with Gasteiger partial charge in [-0.2, -0.15) is 0 Å². The Labute approximate surface area is 177 Å². The lowest BCUT2D eigenvalue weighted by Crippen LogP contribution is -2.41. The second kappa shape index (κ2) is 9.17. The summed E-state index contributed by atoms with van der Waals surface area (Å²) >= 11 is 0. The zero-order chi connectivity index (χ0) is 21.7. The van der Waals surface area contributed by atoms with Crippen LogP contribution < -0.4 is 14.4 Å². The lowest BCUT2D eigenvalue weighted by Gasteiger charge is -2.24. The van der Waals surface area contributed by atoms with Crippen molar-refractivity contribution in [3.63, 3.8) is 0 Å². The van der Waals surface area contributed by atoms with E-state index in [0.29, 0.717) is 5.69 Å². The van der Waals surface area contributed by atoms with Gasteiger partial charge in [0.25, 0.3) is 0 Å². The Balaban J connectivity index is 1.57. The number of anilines is 1. The minimum atomic E-state index is -3.61. The van der Waals surface area contributed by atoms with E-state index < -0.39 is 10.0 Å². The van der Waals surface area contributed by atoms with Gasteiger partial charge in [0.1, 0.15) is 18.9 Å². The molecule has 0 atom stereocenters. The summed E-state index contributed by atoms with van der Waals surface area (Å²) in [5.74, 6) is 0.333. The van der Waals surface area contributed by atoms with Crippen LogP contribution in [0.5, 0.6) is 5.75 Å². The molecule has 3 aromatic carbocycles. The number of sulfonamides is 1.